The van der Waals surface area contributed by atoms with Gasteiger partial charge in [0.15, 0.2) is 0 Å². The Kier molecular flexibility index (Phi) is 6.38. The lowest BCUT2D eigenvalue weighted by molar-refractivity contribution is 0.661. The normalized spacial score (nSPS) is 9.20. The van der Waals surface area contributed by atoms with E-state index in [0.29, 0.717) is 5.92 Å². The Hall–Kier alpha value is -0.440. The first-order valence-corrected chi connectivity index (χ1v) is 4.06. The Morgan fingerprint density at radius 2 is 1.90 bits per heavy atom. The summed E-state index contributed by atoms with van der Waals surface area (Å²) in [6, 6.07) is 0. The van der Waals surface area contributed by atoms with Gasteiger partial charge in [-0.05, 0) is 18.8 Å². The summed E-state index contributed by atoms with van der Waals surface area (Å²) >= 11 is 0. The van der Waals surface area contributed by atoms with Crippen LogP contribution in [0.4, 0.5) is 0 Å². The van der Waals surface area contributed by atoms with Crippen molar-refractivity contribution in [1.29, 1.82) is 0 Å². The second kappa shape index (κ2) is 6.68. The molecule has 0 aliphatic rings. The molecule has 1 radical (unpaired) electrons. The van der Waals surface area contributed by atoms with Gasteiger partial charge in [0, 0.05) is 12.8 Å². The van der Waals surface area contributed by atoms with E-state index < -0.39 is 0 Å². The fourth-order valence-corrected chi connectivity index (χ4v) is 0.620. The third-order valence-corrected chi connectivity index (χ3v) is 1.26. The number of hydrogen-bond acceptors (Lipinski definition) is 0. The Morgan fingerprint density at radius 1 is 1.30 bits per heavy atom. The highest BCUT2D eigenvalue weighted by Crippen LogP contribution is 2.00. The lowest BCUT2D eigenvalue weighted by Gasteiger charge is -1.96. The van der Waals surface area contributed by atoms with E-state index in [1.807, 2.05) is 0 Å². The molecule has 0 aromatic carbocycles. The van der Waals surface area contributed by atoms with E-state index in [2.05, 4.69) is 32.6 Å². The molecule has 0 heteroatoms. The zero-order chi connectivity index (χ0) is 7.82. The van der Waals surface area contributed by atoms with Crippen molar-refractivity contribution in [2.45, 2.75) is 39.5 Å². The molecule has 10 heavy (non-hydrogen) atoms. The molecule has 0 rings (SSSR count). The molecule has 0 saturated carbocycles. The molecule has 0 aliphatic heterocycles. The second-order valence-corrected chi connectivity index (χ2v) is 2.75. The van der Waals surface area contributed by atoms with Gasteiger partial charge < -0.3 is 0 Å². The van der Waals surface area contributed by atoms with Crippen LogP contribution in [0.5, 0.6) is 0 Å². The number of hydrogen-bond donors (Lipinski definition) is 0. The van der Waals surface area contributed by atoms with E-state index in [1.165, 1.54) is 6.42 Å². The van der Waals surface area contributed by atoms with Crippen LogP contribution in [0.15, 0.2) is 0 Å². The van der Waals surface area contributed by atoms with Crippen LogP contribution < -0.4 is 0 Å². The van der Waals surface area contributed by atoms with Crippen molar-refractivity contribution in [2.24, 2.45) is 5.92 Å². The van der Waals surface area contributed by atoms with Crippen molar-refractivity contribution in [3.05, 3.63) is 6.92 Å². The van der Waals surface area contributed by atoms with Gasteiger partial charge in [-0.3, -0.25) is 0 Å². The molecule has 0 amide bonds. The van der Waals surface area contributed by atoms with Gasteiger partial charge in [-0.15, -0.1) is 11.8 Å². The van der Waals surface area contributed by atoms with Crippen LogP contribution in [0.3, 0.4) is 0 Å². The molecular weight excluding hydrogens is 120 g/mol. The molecule has 1 atom stereocenters. The molecule has 0 aromatic rings. The highest BCUT2D eigenvalue weighted by molar-refractivity contribution is 4.98. The van der Waals surface area contributed by atoms with E-state index in [4.69, 9.17) is 0 Å². The van der Waals surface area contributed by atoms with Gasteiger partial charge >= 0.3 is 0 Å². The summed E-state index contributed by atoms with van der Waals surface area (Å²) in [5.41, 5.74) is 0. The number of unbranched alkanes of at least 4 members (excludes halogenated alkanes) is 1. The minimum Gasteiger partial charge on any atom is -0.103 e. The maximum atomic E-state index is 3.89. The lowest BCUT2D eigenvalue weighted by Crippen LogP contribution is -1.84. The molecule has 0 fully saturated rings. The van der Waals surface area contributed by atoms with Crippen molar-refractivity contribution >= 4 is 0 Å². The predicted octanol–water partition coefficient (Wildman–Crippen LogP) is 3.04. The predicted molar refractivity (Wildman–Crippen MR) is 46.4 cm³/mol. The smallest absolute Gasteiger partial charge is 0.00912 e. The summed E-state index contributed by atoms with van der Waals surface area (Å²) in [5.74, 6) is 6.79. The topological polar surface area (TPSA) is 0 Å². The first-order chi connectivity index (χ1) is 4.77. The molecule has 0 N–H and O–H groups in total. The Bertz CT molecular complexity index is 112. The van der Waals surface area contributed by atoms with Crippen LogP contribution in [0, 0.1) is 24.7 Å². The molecule has 57 valence electrons. The van der Waals surface area contributed by atoms with Gasteiger partial charge in [0.05, 0.1) is 0 Å². The molecule has 0 saturated heterocycles. The average molecular weight is 137 g/mol. The van der Waals surface area contributed by atoms with Crippen LogP contribution in [0.1, 0.15) is 39.5 Å². The summed E-state index contributed by atoms with van der Waals surface area (Å²) < 4.78 is 0. The molecule has 0 aromatic heterocycles. The molecule has 0 heterocycles. The zero-order valence-electron chi connectivity index (χ0n) is 7.11. The highest BCUT2D eigenvalue weighted by atomic mass is 13.9. The molecule has 0 spiro atoms. The SMILES string of the molecule is [CH2]C(C)CCC#CCCC. The zero-order valence-corrected chi connectivity index (χ0v) is 7.11. The Labute approximate surface area is 65.0 Å². The molecule has 1 unspecified atom stereocenters. The van der Waals surface area contributed by atoms with Crippen LogP contribution in [-0.2, 0) is 0 Å². The lowest BCUT2D eigenvalue weighted by atomic mass is 10.1. The van der Waals surface area contributed by atoms with Crippen LogP contribution in [-0.4, -0.2) is 0 Å². The Morgan fingerprint density at radius 3 is 2.40 bits per heavy atom. The highest BCUT2D eigenvalue weighted by Gasteiger charge is 1.88. The molecular formula is C10H17. The minimum absolute atomic E-state index is 0.552. The van der Waals surface area contributed by atoms with Crippen molar-refractivity contribution in [3.8, 4) is 11.8 Å². The van der Waals surface area contributed by atoms with Gasteiger partial charge in [-0.2, -0.15) is 0 Å². The second-order valence-electron chi connectivity index (χ2n) is 2.75. The van der Waals surface area contributed by atoms with Gasteiger partial charge in [0.2, 0.25) is 0 Å². The summed E-state index contributed by atoms with van der Waals surface area (Å²) in [6.07, 6.45) is 4.37. The maximum absolute atomic E-state index is 3.89. The monoisotopic (exact) mass is 137 g/mol. The van der Waals surface area contributed by atoms with Crippen molar-refractivity contribution < 1.29 is 0 Å². The van der Waals surface area contributed by atoms with Crippen molar-refractivity contribution in [3.63, 3.8) is 0 Å². The van der Waals surface area contributed by atoms with Gasteiger partial charge in [0.1, 0.15) is 0 Å². The molecule has 0 nitrogen and oxygen atoms in total. The van der Waals surface area contributed by atoms with Crippen LogP contribution >= 0.6 is 0 Å². The van der Waals surface area contributed by atoms with E-state index >= 15 is 0 Å². The van der Waals surface area contributed by atoms with E-state index in [1.54, 1.807) is 0 Å². The molecule has 0 aliphatic carbocycles. The fraction of sp³-hybridized carbons (Fsp3) is 0.700. The number of rotatable bonds is 3. The third-order valence-electron chi connectivity index (χ3n) is 1.26. The molecule has 0 bridgehead atoms. The van der Waals surface area contributed by atoms with E-state index in [-0.39, 0.29) is 0 Å². The van der Waals surface area contributed by atoms with Crippen molar-refractivity contribution in [2.75, 3.05) is 0 Å². The van der Waals surface area contributed by atoms with Gasteiger partial charge in [0.25, 0.3) is 0 Å². The Balaban J connectivity index is 3.12. The first-order valence-electron chi connectivity index (χ1n) is 4.06. The largest absolute Gasteiger partial charge is 0.103 e. The minimum atomic E-state index is 0.552. The van der Waals surface area contributed by atoms with Gasteiger partial charge in [-0.25, -0.2) is 0 Å². The summed E-state index contributed by atoms with van der Waals surface area (Å²) in [5, 5.41) is 0. The first kappa shape index (κ1) is 9.56. The van der Waals surface area contributed by atoms with E-state index in [0.717, 1.165) is 19.3 Å². The summed E-state index contributed by atoms with van der Waals surface area (Å²) in [4.78, 5) is 0. The standard InChI is InChI=1S/C10H17/c1-4-5-6-7-8-9-10(2)3/h10H,2,4-5,8-9H2,1,3H3. The van der Waals surface area contributed by atoms with Gasteiger partial charge in [-0.1, -0.05) is 20.8 Å². The fourth-order valence-electron chi connectivity index (χ4n) is 0.620. The summed E-state index contributed by atoms with van der Waals surface area (Å²) in [6.45, 7) is 8.17. The quantitative estimate of drug-likeness (QED) is 0.524. The van der Waals surface area contributed by atoms with Crippen LogP contribution in [0.25, 0.3) is 0 Å². The van der Waals surface area contributed by atoms with Crippen LogP contribution in [0.2, 0.25) is 0 Å². The maximum Gasteiger partial charge on any atom is 0.00912 e. The third kappa shape index (κ3) is 7.56. The van der Waals surface area contributed by atoms with E-state index in [9.17, 15) is 0 Å². The summed E-state index contributed by atoms with van der Waals surface area (Å²) in [7, 11) is 0. The average Bonchev–Trinajstić information content (AvgIpc) is 1.87. The van der Waals surface area contributed by atoms with Crippen molar-refractivity contribution in [1.82, 2.24) is 0 Å².